The minimum atomic E-state index is -2.89. The molecule has 0 aromatic heterocycles. The van der Waals surface area contributed by atoms with Crippen molar-refractivity contribution in [2.45, 2.75) is 50.9 Å². The van der Waals surface area contributed by atoms with Gasteiger partial charge in [-0.25, -0.2) is 17.6 Å². The highest BCUT2D eigenvalue weighted by Crippen LogP contribution is 2.30. The van der Waals surface area contributed by atoms with Gasteiger partial charge in [0.2, 0.25) is 0 Å². The van der Waals surface area contributed by atoms with E-state index in [2.05, 4.69) is 11.9 Å². The van der Waals surface area contributed by atoms with Crippen LogP contribution in [0.2, 0.25) is 0 Å². The summed E-state index contributed by atoms with van der Waals surface area (Å²) in [5.41, 5.74) is 10.1. The van der Waals surface area contributed by atoms with Gasteiger partial charge < -0.3 is 5.73 Å². The van der Waals surface area contributed by atoms with E-state index in [-0.39, 0.29) is 17.6 Å². The van der Waals surface area contributed by atoms with Crippen LogP contribution in [0.3, 0.4) is 0 Å². The van der Waals surface area contributed by atoms with E-state index in [9.17, 15) is 17.6 Å². The molecule has 0 saturated carbocycles. The van der Waals surface area contributed by atoms with Crippen molar-refractivity contribution in [2.24, 2.45) is 5.73 Å². The van der Waals surface area contributed by atoms with Gasteiger partial charge in [0.15, 0.2) is 0 Å². The van der Waals surface area contributed by atoms with E-state index in [0.29, 0.717) is 23.8 Å². The molecule has 0 aliphatic carbocycles. The molecule has 0 heterocycles. The minimum Gasteiger partial charge on any atom is -0.401 e. The van der Waals surface area contributed by atoms with Crippen LogP contribution in [0.25, 0.3) is 0 Å². The van der Waals surface area contributed by atoms with E-state index in [1.165, 1.54) is 12.1 Å². The first-order valence-electron chi connectivity index (χ1n) is 11.4. The molecule has 3 rings (SSSR count). The van der Waals surface area contributed by atoms with Gasteiger partial charge in [-0.1, -0.05) is 73.3 Å². The maximum absolute atomic E-state index is 13.6. The molecule has 3 unspecified atom stereocenters. The Balaban J connectivity index is 1.90. The lowest BCUT2D eigenvalue weighted by molar-refractivity contribution is 0.0174. The molecule has 35 heavy (non-hydrogen) atoms. The number of alkyl halides is 4. The third-order valence-corrected chi connectivity index (χ3v) is 7.05. The van der Waals surface area contributed by atoms with Crippen molar-refractivity contribution in [3.63, 3.8) is 0 Å². The van der Waals surface area contributed by atoms with Crippen molar-refractivity contribution in [2.75, 3.05) is 0 Å². The summed E-state index contributed by atoms with van der Waals surface area (Å²) < 4.78 is 53.5. The Labute approximate surface area is 206 Å². The van der Waals surface area contributed by atoms with Crippen LogP contribution in [-0.4, -0.2) is 6.17 Å². The lowest BCUT2D eigenvalue weighted by Gasteiger charge is -2.27. The Morgan fingerprint density at radius 2 is 1.66 bits per heavy atom. The summed E-state index contributed by atoms with van der Waals surface area (Å²) >= 11 is 0. The largest absolute Gasteiger partial charge is 0.401 e. The molecule has 0 amide bonds. The van der Waals surface area contributed by atoms with Gasteiger partial charge in [-0.15, -0.1) is 0 Å². The number of rotatable bonds is 11. The lowest BCUT2D eigenvalue weighted by Crippen LogP contribution is -2.31. The van der Waals surface area contributed by atoms with Gasteiger partial charge >= 0.3 is 0 Å². The maximum atomic E-state index is 13.6. The summed E-state index contributed by atoms with van der Waals surface area (Å²) in [6, 6.07) is 21.0. The number of benzene rings is 3. The zero-order valence-electron chi connectivity index (χ0n) is 19.9. The number of hydrogen-bond donors (Lipinski definition) is 2. The molecule has 0 bridgehead atoms. The van der Waals surface area contributed by atoms with Crippen LogP contribution >= 0.6 is 8.58 Å². The van der Waals surface area contributed by atoms with E-state index in [1.807, 2.05) is 55.5 Å². The molecule has 0 aliphatic rings. The molecule has 0 spiro atoms. The zero-order chi connectivity index (χ0) is 25.6. The van der Waals surface area contributed by atoms with Gasteiger partial charge in [0.05, 0.1) is 6.04 Å². The van der Waals surface area contributed by atoms with E-state index in [4.69, 9.17) is 5.73 Å². The van der Waals surface area contributed by atoms with Crippen molar-refractivity contribution in [3.8, 4) is 0 Å². The fraction of sp³-hybridized carbons (Fsp3) is 0.286. The summed E-state index contributed by atoms with van der Waals surface area (Å²) in [4.78, 5) is 0. The monoisotopic (exact) mass is 502 g/mol. The van der Waals surface area contributed by atoms with Crippen LogP contribution in [0.5, 0.6) is 0 Å². The standard InChI is InChI=1S/C28H31F4N2P/c1-18-9-13-22(17-25(18)35-27(29)30)24(34-26(19(2)33)21-7-5-4-6-8-21)16-12-20-10-14-23(15-11-20)28(3,31)32/h4-11,13-15,17,24,26-27,34-35H,2,12,16,33H2,1,3H3. The molecule has 0 fully saturated rings. The molecule has 0 saturated heterocycles. The number of nitrogens with two attached hydrogens (primary N) is 1. The quantitative estimate of drug-likeness (QED) is 0.217. The van der Waals surface area contributed by atoms with Gasteiger partial charge in [0.1, 0.15) is 0 Å². The molecule has 186 valence electrons. The second-order valence-corrected chi connectivity index (χ2v) is 10.0. The Kier molecular flexibility index (Phi) is 9.09. The summed E-state index contributed by atoms with van der Waals surface area (Å²) in [6.07, 6.45) is -1.20. The first-order valence-corrected chi connectivity index (χ1v) is 12.5. The van der Waals surface area contributed by atoms with Gasteiger partial charge in [0.25, 0.3) is 12.1 Å². The SMILES string of the molecule is C=C(N)C(NC(CCc1ccc(C(C)(F)F)cc1)c1ccc(C)c(PC(F)F)c1)c1ccccc1. The first kappa shape index (κ1) is 26.9. The zero-order valence-corrected chi connectivity index (χ0v) is 20.9. The van der Waals surface area contributed by atoms with Crippen molar-refractivity contribution >= 4 is 13.9 Å². The summed E-state index contributed by atoms with van der Waals surface area (Å²) in [5, 5.41) is 4.19. The molecule has 7 heteroatoms. The highest BCUT2D eigenvalue weighted by Gasteiger charge is 2.24. The van der Waals surface area contributed by atoms with E-state index in [1.54, 1.807) is 12.1 Å². The minimum absolute atomic E-state index is 0.0318. The predicted molar refractivity (Wildman–Crippen MR) is 138 cm³/mol. The molecule has 3 aromatic carbocycles. The van der Waals surface area contributed by atoms with Gasteiger partial charge in [0, 0.05) is 24.2 Å². The second kappa shape index (κ2) is 11.8. The predicted octanol–water partition coefficient (Wildman–Crippen LogP) is 7.11. The van der Waals surface area contributed by atoms with Crippen molar-refractivity contribution < 1.29 is 17.6 Å². The van der Waals surface area contributed by atoms with Crippen molar-refractivity contribution in [3.05, 3.63) is 113 Å². The average Bonchev–Trinajstić information content (AvgIpc) is 2.80. The van der Waals surface area contributed by atoms with Crippen LogP contribution in [0, 0.1) is 6.92 Å². The molecule has 3 atom stereocenters. The van der Waals surface area contributed by atoms with E-state index in [0.717, 1.165) is 29.2 Å². The smallest absolute Gasteiger partial charge is 0.270 e. The molecule has 3 aromatic rings. The highest BCUT2D eigenvalue weighted by molar-refractivity contribution is 7.47. The van der Waals surface area contributed by atoms with Gasteiger partial charge in [-0.3, -0.25) is 5.32 Å². The second-order valence-electron chi connectivity index (χ2n) is 8.78. The number of hydrogen-bond acceptors (Lipinski definition) is 2. The Hall–Kier alpha value is -2.69. The molecule has 0 aliphatic heterocycles. The van der Waals surface area contributed by atoms with Gasteiger partial charge in [-0.05, 0) is 62.0 Å². The molecular weight excluding hydrogens is 471 g/mol. The molecule has 0 radical (unpaired) electrons. The first-order chi connectivity index (χ1) is 16.5. The molecular formula is C28H31F4N2P. The molecule has 2 nitrogen and oxygen atoms in total. The van der Waals surface area contributed by atoms with E-state index < -0.39 is 20.7 Å². The third-order valence-electron chi connectivity index (χ3n) is 5.98. The van der Waals surface area contributed by atoms with Crippen LogP contribution in [0.15, 0.2) is 85.1 Å². The van der Waals surface area contributed by atoms with Crippen LogP contribution < -0.4 is 16.4 Å². The normalized spacial score (nSPS) is 13.9. The van der Waals surface area contributed by atoms with Crippen LogP contribution in [-0.2, 0) is 12.3 Å². The summed E-state index contributed by atoms with van der Waals surface area (Å²) in [7, 11) is -0.594. The fourth-order valence-corrected chi connectivity index (χ4v) is 4.81. The fourth-order valence-electron chi connectivity index (χ4n) is 4.01. The Morgan fingerprint density at radius 3 is 2.23 bits per heavy atom. The number of halogens is 4. The van der Waals surface area contributed by atoms with Crippen molar-refractivity contribution in [1.82, 2.24) is 5.32 Å². The number of nitrogens with one attached hydrogen (secondary N) is 1. The van der Waals surface area contributed by atoms with Gasteiger partial charge in [-0.2, -0.15) is 0 Å². The topological polar surface area (TPSA) is 38.0 Å². The summed E-state index contributed by atoms with van der Waals surface area (Å²) in [5.74, 6) is -2.89. The summed E-state index contributed by atoms with van der Waals surface area (Å²) in [6.45, 7) is 6.65. The molecule has 3 N–H and O–H groups in total. The highest BCUT2D eigenvalue weighted by atomic mass is 31.1. The van der Waals surface area contributed by atoms with Crippen LogP contribution in [0.4, 0.5) is 17.6 Å². The maximum Gasteiger partial charge on any atom is 0.270 e. The lowest BCUT2D eigenvalue weighted by atomic mass is 9.95. The Morgan fingerprint density at radius 1 is 1.00 bits per heavy atom. The third kappa shape index (κ3) is 7.65. The average molecular weight is 503 g/mol. The van der Waals surface area contributed by atoms with Crippen molar-refractivity contribution in [1.29, 1.82) is 0 Å². The van der Waals surface area contributed by atoms with Crippen LogP contribution in [0.1, 0.15) is 53.2 Å². The number of aryl methyl sites for hydroxylation is 2. The Bertz CT molecular complexity index is 1110. The van der Waals surface area contributed by atoms with E-state index >= 15 is 0 Å².